The first-order valence-corrected chi connectivity index (χ1v) is 13.8. The maximum atomic E-state index is 12.1. The molecule has 0 radical (unpaired) electrons. The first kappa shape index (κ1) is 26.2. The van der Waals surface area contributed by atoms with E-state index in [1.165, 1.54) is 10.5 Å². The Balaban J connectivity index is 1.23. The van der Waals surface area contributed by atoms with E-state index in [2.05, 4.69) is 29.3 Å². The van der Waals surface area contributed by atoms with Gasteiger partial charge in [-0.05, 0) is 80.2 Å². The summed E-state index contributed by atoms with van der Waals surface area (Å²) in [5.74, 6) is 1.91. The molecule has 0 aromatic heterocycles. The van der Waals surface area contributed by atoms with Crippen LogP contribution in [0.15, 0.2) is 42.5 Å². The third-order valence-electron chi connectivity index (χ3n) is 7.96. The highest BCUT2D eigenvalue weighted by Crippen LogP contribution is 2.35. The molecule has 0 spiro atoms. The smallest absolute Gasteiger partial charge is 0.252 e. The molecule has 0 bridgehead atoms. The summed E-state index contributed by atoms with van der Waals surface area (Å²) in [5.41, 5.74) is 3.00. The summed E-state index contributed by atoms with van der Waals surface area (Å²) in [7, 11) is 0. The molecule has 3 aliphatic heterocycles. The number of ether oxygens (including phenoxy) is 2. The molecule has 8 nitrogen and oxygen atoms in total. The number of rotatable bonds is 10. The van der Waals surface area contributed by atoms with Gasteiger partial charge in [0.2, 0.25) is 11.8 Å². The van der Waals surface area contributed by atoms with Crippen molar-refractivity contribution in [2.75, 3.05) is 39.4 Å². The molecule has 5 rings (SSSR count). The van der Waals surface area contributed by atoms with Crippen LogP contribution in [0, 0.1) is 5.92 Å². The second-order valence-corrected chi connectivity index (χ2v) is 10.5. The van der Waals surface area contributed by atoms with Crippen molar-refractivity contribution in [1.82, 2.24) is 15.1 Å². The minimum Gasteiger partial charge on any atom is -0.493 e. The number of imide groups is 1. The molecule has 3 amide bonds. The van der Waals surface area contributed by atoms with E-state index in [1.807, 2.05) is 30.3 Å². The number of amides is 3. The molecule has 2 saturated heterocycles. The lowest BCUT2D eigenvalue weighted by Crippen LogP contribution is -2.33. The van der Waals surface area contributed by atoms with Crippen LogP contribution in [-0.2, 0) is 16.1 Å². The number of fused-ring (bicyclic) bond motifs is 1. The zero-order chi connectivity index (χ0) is 26.5. The quantitative estimate of drug-likeness (QED) is 0.481. The predicted molar refractivity (Wildman–Crippen MR) is 143 cm³/mol. The lowest BCUT2D eigenvalue weighted by atomic mass is 9.83. The number of carbonyl (C=O) groups excluding carboxylic acids is 3. The average molecular weight is 520 g/mol. The van der Waals surface area contributed by atoms with Gasteiger partial charge in [-0.15, -0.1) is 0 Å². The fraction of sp³-hybridized carbons (Fsp3) is 0.500. The van der Waals surface area contributed by atoms with Crippen LogP contribution < -0.4 is 14.8 Å². The van der Waals surface area contributed by atoms with Gasteiger partial charge >= 0.3 is 0 Å². The van der Waals surface area contributed by atoms with Crippen LogP contribution in [0.5, 0.6) is 11.5 Å². The molecule has 202 valence electrons. The van der Waals surface area contributed by atoms with E-state index in [0.717, 1.165) is 56.0 Å². The molecule has 3 heterocycles. The Morgan fingerprint density at radius 1 is 0.895 bits per heavy atom. The third-order valence-corrected chi connectivity index (χ3v) is 7.96. The molecular formula is C30H37N3O5. The van der Waals surface area contributed by atoms with Crippen molar-refractivity contribution in [2.24, 2.45) is 5.92 Å². The van der Waals surface area contributed by atoms with E-state index >= 15 is 0 Å². The van der Waals surface area contributed by atoms with Gasteiger partial charge in [0.25, 0.3) is 5.91 Å². The molecule has 2 aromatic rings. The third kappa shape index (κ3) is 6.01. The van der Waals surface area contributed by atoms with Gasteiger partial charge in [-0.3, -0.25) is 19.3 Å². The Morgan fingerprint density at radius 3 is 2.39 bits per heavy atom. The van der Waals surface area contributed by atoms with Crippen LogP contribution >= 0.6 is 0 Å². The molecule has 1 N–H and O–H groups in total. The van der Waals surface area contributed by atoms with Crippen molar-refractivity contribution >= 4 is 17.7 Å². The van der Waals surface area contributed by atoms with E-state index < -0.39 is 0 Å². The highest BCUT2D eigenvalue weighted by molar-refractivity contribution is 6.01. The van der Waals surface area contributed by atoms with E-state index in [-0.39, 0.29) is 17.7 Å². The molecule has 3 aliphatic rings. The number of likely N-dealkylation sites (tertiary alicyclic amines) is 2. The Labute approximate surface area is 224 Å². The summed E-state index contributed by atoms with van der Waals surface area (Å²) in [6.45, 7) is 7.21. The molecular weight excluding hydrogens is 482 g/mol. The number of hydrogen-bond donors (Lipinski definition) is 1. The van der Waals surface area contributed by atoms with Crippen molar-refractivity contribution < 1.29 is 23.9 Å². The maximum Gasteiger partial charge on any atom is 0.252 e. The summed E-state index contributed by atoms with van der Waals surface area (Å²) >= 11 is 0. The van der Waals surface area contributed by atoms with Crippen molar-refractivity contribution in [2.45, 2.75) is 51.5 Å². The maximum absolute atomic E-state index is 12.1. The van der Waals surface area contributed by atoms with Gasteiger partial charge in [0.05, 0.1) is 13.2 Å². The zero-order valence-electron chi connectivity index (χ0n) is 22.1. The Hall–Kier alpha value is -3.39. The molecule has 2 fully saturated rings. The van der Waals surface area contributed by atoms with Gasteiger partial charge in [0.1, 0.15) is 18.1 Å². The van der Waals surface area contributed by atoms with Gasteiger partial charge < -0.3 is 19.7 Å². The van der Waals surface area contributed by atoms with Crippen molar-refractivity contribution in [3.8, 4) is 11.5 Å². The van der Waals surface area contributed by atoms with Gasteiger partial charge in [0, 0.05) is 30.9 Å². The van der Waals surface area contributed by atoms with Crippen LogP contribution in [0.4, 0.5) is 0 Å². The zero-order valence-corrected chi connectivity index (χ0v) is 22.1. The standard InChI is InChI=1S/C30H37N3O5/c1-2-13-32-14-11-23(20-38-25-8-5-22-19-31-30(36)27(22)18-25)26(12-15-32)21-3-6-24(7-4-21)37-17-16-33-28(34)9-10-29(33)35/h3-8,18,23,26H,2,9-17,19-20H2,1H3,(H,31,36)/t23-,26-/m1/s1. The topological polar surface area (TPSA) is 88.2 Å². The van der Waals surface area contributed by atoms with E-state index in [9.17, 15) is 14.4 Å². The number of hydrogen-bond acceptors (Lipinski definition) is 6. The second-order valence-electron chi connectivity index (χ2n) is 10.5. The monoisotopic (exact) mass is 519 g/mol. The number of nitrogens with zero attached hydrogens (tertiary/aromatic N) is 2. The van der Waals surface area contributed by atoms with Gasteiger partial charge in [-0.1, -0.05) is 25.1 Å². The van der Waals surface area contributed by atoms with Crippen molar-refractivity contribution in [3.05, 3.63) is 59.2 Å². The van der Waals surface area contributed by atoms with Crippen LogP contribution in [0.3, 0.4) is 0 Å². The summed E-state index contributed by atoms with van der Waals surface area (Å²) in [5, 5.41) is 2.86. The summed E-state index contributed by atoms with van der Waals surface area (Å²) in [4.78, 5) is 39.5. The Bertz CT molecular complexity index is 1150. The fourth-order valence-electron chi connectivity index (χ4n) is 5.82. The molecule has 2 atom stereocenters. The van der Waals surface area contributed by atoms with E-state index in [0.29, 0.717) is 56.5 Å². The first-order valence-electron chi connectivity index (χ1n) is 13.8. The Kier molecular flexibility index (Phi) is 8.27. The second kappa shape index (κ2) is 12.0. The fourth-order valence-corrected chi connectivity index (χ4v) is 5.82. The summed E-state index contributed by atoms with van der Waals surface area (Å²) < 4.78 is 12.1. The minimum atomic E-state index is -0.115. The van der Waals surface area contributed by atoms with Crippen molar-refractivity contribution in [3.63, 3.8) is 0 Å². The van der Waals surface area contributed by atoms with E-state index in [1.54, 1.807) is 0 Å². The molecule has 8 heteroatoms. The number of benzene rings is 2. The lowest BCUT2D eigenvalue weighted by Gasteiger charge is -2.25. The highest BCUT2D eigenvalue weighted by atomic mass is 16.5. The van der Waals surface area contributed by atoms with Gasteiger partial charge in [-0.25, -0.2) is 0 Å². The van der Waals surface area contributed by atoms with E-state index in [4.69, 9.17) is 9.47 Å². The van der Waals surface area contributed by atoms with Crippen LogP contribution in [0.2, 0.25) is 0 Å². The number of carbonyl (C=O) groups is 3. The summed E-state index contributed by atoms with van der Waals surface area (Å²) in [6, 6.07) is 14.0. The molecule has 0 aliphatic carbocycles. The molecule has 0 unspecified atom stereocenters. The normalized spacial score (nSPS) is 21.8. The molecule has 0 saturated carbocycles. The Morgan fingerprint density at radius 2 is 1.63 bits per heavy atom. The predicted octanol–water partition coefficient (Wildman–Crippen LogP) is 3.74. The lowest BCUT2D eigenvalue weighted by molar-refractivity contribution is -0.138. The largest absolute Gasteiger partial charge is 0.493 e. The van der Waals surface area contributed by atoms with Crippen LogP contribution in [0.25, 0.3) is 0 Å². The van der Waals surface area contributed by atoms with Crippen LogP contribution in [-0.4, -0.2) is 66.9 Å². The SMILES string of the molecule is CCCN1CC[C@H](COc2ccc3c(c2)C(=O)NC3)[C@@H](c2ccc(OCCN3C(=O)CCC3=O)cc2)CC1. The average Bonchev–Trinajstić information content (AvgIpc) is 3.37. The van der Waals surface area contributed by atoms with Gasteiger partial charge in [-0.2, -0.15) is 0 Å². The number of nitrogens with one attached hydrogen (secondary N) is 1. The highest BCUT2D eigenvalue weighted by Gasteiger charge is 2.30. The summed E-state index contributed by atoms with van der Waals surface area (Å²) in [6.07, 6.45) is 3.85. The van der Waals surface area contributed by atoms with Crippen molar-refractivity contribution in [1.29, 1.82) is 0 Å². The van der Waals surface area contributed by atoms with Gasteiger partial charge in [0.15, 0.2) is 0 Å². The first-order chi connectivity index (χ1) is 18.5. The molecule has 2 aromatic carbocycles. The van der Waals surface area contributed by atoms with Crippen LogP contribution in [0.1, 0.15) is 66.4 Å². The molecule has 38 heavy (non-hydrogen) atoms. The minimum absolute atomic E-state index is 0.0334.